The van der Waals surface area contributed by atoms with Crippen molar-refractivity contribution < 1.29 is 0 Å². The van der Waals surface area contributed by atoms with Crippen LogP contribution in [0, 0.1) is 6.92 Å². The zero-order chi connectivity index (χ0) is 11.3. The maximum atomic E-state index is 5.80. The summed E-state index contributed by atoms with van der Waals surface area (Å²) in [4.78, 5) is 4.43. The summed E-state index contributed by atoms with van der Waals surface area (Å²) in [6, 6.07) is 6.01. The second-order valence-electron chi connectivity index (χ2n) is 4.14. The lowest BCUT2D eigenvalue weighted by molar-refractivity contribution is 0.479. The number of rotatable bonds is 5. The van der Waals surface area contributed by atoms with Gasteiger partial charge < -0.3 is 5.32 Å². The highest BCUT2D eigenvalue weighted by Gasteiger charge is 2.21. The summed E-state index contributed by atoms with van der Waals surface area (Å²) in [6.45, 7) is 6.34. The molecule has 0 aliphatic heterocycles. The van der Waals surface area contributed by atoms with Crippen molar-refractivity contribution in [1.29, 1.82) is 0 Å². The van der Waals surface area contributed by atoms with Gasteiger partial charge in [0.05, 0.1) is 0 Å². The van der Waals surface area contributed by atoms with Crippen LogP contribution in [0.15, 0.2) is 18.2 Å². The van der Waals surface area contributed by atoms with E-state index < -0.39 is 0 Å². The second kappa shape index (κ2) is 5.36. The van der Waals surface area contributed by atoms with E-state index in [1.165, 1.54) is 0 Å². The lowest BCUT2D eigenvalue weighted by atomic mass is 9.95. The highest BCUT2D eigenvalue weighted by atomic mass is 35.5. The Morgan fingerprint density at radius 2 is 2.20 bits per heavy atom. The normalized spacial score (nSPS) is 14.7. The molecule has 0 spiro atoms. The van der Waals surface area contributed by atoms with E-state index in [9.17, 15) is 0 Å². The maximum absolute atomic E-state index is 5.80. The minimum Gasteiger partial charge on any atom is -0.365 e. The molecule has 1 N–H and O–H groups in total. The number of pyridine rings is 1. The van der Waals surface area contributed by atoms with Gasteiger partial charge in [0.2, 0.25) is 0 Å². The van der Waals surface area contributed by atoms with Crippen molar-refractivity contribution in [2.75, 3.05) is 11.2 Å². The number of halogens is 1. The summed E-state index contributed by atoms with van der Waals surface area (Å²) in [6.07, 6.45) is 1.98. The molecule has 15 heavy (non-hydrogen) atoms. The first-order valence-corrected chi connectivity index (χ1v) is 5.91. The molecule has 0 aliphatic rings. The quantitative estimate of drug-likeness (QED) is 0.777. The smallest absolute Gasteiger partial charge is 0.126 e. The van der Waals surface area contributed by atoms with Crippen LogP contribution in [0.5, 0.6) is 0 Å². The van der Waals surface area contributed by atoms with Crippen LogP contribution in [0.3, 0.4) is 0 Å². The van der Waals surface area contributed by atoms with Crippen molar-refractivity contribution in [3.8, 4) is 0 Å². The molecule has 1 aromatic heterocycles. The standard InChI is InChI=1S/C12H19ClN2/c1-4-12(3,8-9-13)15-11-7-5-6-10(2)14-11/h5-7H,4,8-9H2,1-3H3,(H,14,15). The fourth-order valence-corrected chi connectivity index (χ4v) is 1.88. The molecule has 1 atom stereocenters. The average Bonchev–Trinajstić information content (AvgIpc) is 2.18. The van der Waals surface area contributed by atoms with Crippen LogP contribution < -0.4 is 5.32 Å². The molecule has 0 amide bonds. The molecule has 1 heterocycles. The third-order valence-corrected chi connectivity index (χ3v) is 2.93. The summed E-state index contributed by atoms with van der Waals surface area (Å²) >= 11 is 5.80. The Balaban J connectivity index is 2.74. The number of nitrogens with one attached hydrogen (secondary N) is 1. The van der Waals surface area contributed by atoms with Gasteiger partial charge in [-0.1, -0.05) is 13.0 Å². The molecule has 0 saturated carbocycles. The van der Waals surface area contributed by atoms with Crippen molar-refractivity contribution >= 4 is 17.4 Å². The Hall–Kier alpha value is -0.760. The molecule has 0 aromatic carbocycles. The van der Waals surface area contributed by atoms with Crippen LogP contribution in [0.1, 0.15) is 32.4 Å². The molecule has 0 saturated heterocycles. The van der Waals surface area contributed by atoms with Crippen LogP contribution in [-0.2, 0) is 0 Å². The van der Waals surface area contributed by atoms with Crippen molar-refractivity contribution in [1.82, 2.24) is 4.98 Å². The van der Waals surface area contributed by atoms with Gasteiger partial charge in [0, 0.05) is 17.1 Å². The van der Waals surface area contributed by atoms with E-state index in [2.05, 4.69) is 24.1 Å². The van der Waals surface area contributed by atoms with Crippen LogP contribution in [0.2, 0.25) is 0 Å². The average molecular weight is 227 g/mol. The van der Waals surface area contributed by atoms with E-state index in [1.807, 2.05) is 25.1 Å². The predicted molar refractivity (Wildman–Crippen MR) is 66.6 cm³/mol. The summed E-state index contributed by atoms with van der Waals surface area (Å²) in [5.74, 6) is 1.60. The lowest BCUT2D eigenvalue weighted by Gasteiger charge is -2.29. The van der Waals surface area contributed by atoms with Crippen LogP contribution in [-0.4, -0.2) is 16.4 Å². The van der Waals surface area contributed by atoms with Crippen molar-refractivity contribution in [2.45, 2.75) is 39.2 Å². The van der Waals surface area contributed by atoms with Gasteiger partial charge in [-0.15, -0.1) is 11.6 Å². The fourth-order valence-electron chi connectivity index (χ4n) is 1.46. The number of alkyl halides is 1. The molecule has 84 valence electrons. The summed E-state index contributed by atoms with van der Waals surface area (Å²) in [7, 11) is 0. The highest BCUT2D eigenvalue weighted by Crippen LogP contribution is 2.21. The molecule has 0 aliphatic carbocycles. The van der Waals surface area contributed by atoms with Crippen LogP contribution >= 0.6 is 11.6 Å². The van der Waals surface area contributed by atoms with Crippen molar-refractivity contribution in [3.63, 3.8) is 0 Å². The van der Waals surface area contributed by atoms with E-state index >= 15 is 0 Å². The first-order valence-electron chi connectivity index (χ1n) is 5.37. The Morgan fingerprint density at radius 3 is 2.73 bits per heavy atom. The lowest BCUT2D eigenvalue weighted by Crippen LogP contribution is -2.34. The Morgan fingerprint density at radius 1 is 1.47 bits per heavy atom. The number of nitrogens with zero attached hydrogens (tertiary/aromatic N) is 1. The Bertz CT molecular complexity index is 314. The van der Waals surface area contributed by atoms with Gasteiger partial charge in [-0.05, 0) is 38.8 Å². The van der Waals surface area contributed by atoms with Gasteiger partial charge in [-0.25, -0.2) is 4.98 Å². The zero-order valence-electron chi connectivity index (χ0n) is 9.68. The molecule has 1 rings (SSSR count). The third-order valence-electron chi connectivity index (χ3n) is 2.74. The zero-order valence-corrected chi connectivity index (χ0v) is 10.4. The molecular weight excluding hydrogens is 208 g/mol. The van der Waals surface area contributed by atoms with Gasteiger partial charge in [0.1, 0.15) is 5.82 Å². The molecule has 1 aromatic rings. The van der Waals surface area contributed by atoms with Gasteiger partial charge in [0.15, 0.2) is 0 Å². The second-order valence-corrected chi connectivity index (χ2v) is 4.52. The SMILES string of the molecule is CCC(C)(CCCl)Nc1cccc(C)n1. The maximum Gasteiger partial charge on any atom is 0.126 e. The number of anilines is 1. The van der Waals surface area contributed by atoms with Crippen molar-refractivity contribution in [2.24, 2.45) is 0 Å². The number of hydrogen-bond donors (Lipinski definition) is 1. The van der Waals surface area contributed by atoms with Gasteiger partial charge >= 0.3 is 0 Å². The van der Waals surface area contributed by atoms with E-state index in [-0.39, 0.29) is 5.54 Å². The highest BCUT2D eigenvalue weighted by molar-refractivity contribution is 6.17. The predicted octanol–water partition coefficient (Wildman–Crippen LogP) is 3.60. The topological polar surface area (TPSA) is 24.9 Å². The van der Waals surface area contributed by atoms with E-state index in [1.54, 1.807) is 0 Å². The summed E-state index contributed by atoms with van der Waals surface area (Å²) in [5.41, 5.74) is 1.08. The molecule has 2 nitrogen and oxygen atoms in total. The molecule has 0 fully saturated rings. The third kappa shape index (κ3) is 3.71. The summed E-state index contributed by atoms with van der Waals surface area (Å²) in [5, 5.41) is 3.45. The largest absolute Gasteiger partial charge is 0.365 e. The Labute approximate surface area is 97.1 Å². The monoisotopic (exact) mass is 226 g/mol. The number of aryl methyl sites for hydroxylation is 1. The van der Waals surface area contributed by atoms with Crippen LogP contribution in [0.4, 0.5) is 5.82 Å². The van der Waals surface area contributed by atoms with Gasteiger partial charge in [-0.2, -0.15) is 0 Å². The first kappa shape index (κ1) is 12.3. The van der Waals surface area contributed by atoms with E-state index in [0.717, 1.165) is 24.4 Å². The van der Waals surface area contributed by atoms with Crippen molar-refractivity contribution in [3.05, 3.63) is 23.9 Å². The Kier molecular flexibility index (Phi) is 4.40. The first-order chi connectivity index (χ1) is 7.09. The number of aromatic nitrogens is 1. The molecule has 3 heteroatoms. The van der Waals surface area contributed by atoms with Crippen LogP contribution in [0.25, 0.3) is 0 Å². The summed E-state index contributed by atoms with van der Waals surface area (Å²) < 4.78 is 0. The minimum atomic E-state index is 0.0442. The molecule has 0 bridgehead atoms. The van der Waals surface area contributed by atoms with E-state index in [0.29, 0.717) is 5.88 Å². The molecule has 0 radical (unpaired) electrons. The molecular formula is C12H19ClN2. The minimum absolute atomic E-state index is 0.0442. The fraction of sp³-hybridized carbons (Fsp3) is 0.583. The van der Waals surface area contributed by atoms with Gasteiger partial charge in [-0.3, -0.25) is 0 Å². The molecule has 1 unspecified atom stereocenters. The number of hydrogen-bond acceptors (Lipinski definition) is 2. The van der Waals surface area contributed by atoms with Gasteiger partial charge in [0.25, 0.3) is 0 Å². The van der Waals surface area contributed by atoms with E-state index in [4.69, 9.17) is 11.6 Å².